The van der Waals surface area contributed by atoms with Gasteiger partial charge in [-0.25, -0.2) is 14.8 Å². The molecule has 3 N–H and O–H groups in total. The van der Waals surface area contributed by atoms with Gasteiger partial charge in [-0.2, -0.15) is 9.61 Å². The van der Waals surface area contributed by atoms with Gasteiger partial charge in [0.1, 0.15) is 18.1 Å². The number of ether oxygens (including phenoxy) is 1. The smallest absolute Gasteiger partial charge is 0.412 e. The number of hydrogen-bond donors (Lipinski definition) is 3. The number of aliphatic hydroxyl groups is 2. The Bertz CT molecular complexity index is 1550. The van der Waals surface area contributed by atoms with Crippen molar-refractivity contribution in [1.82, 2.24) is 24.7 Å². The lowest BCUT2D eigenvalue weighted by atomic mass is 10.0. The molecule has 12 heteroatoms. The quantitative estimate of drug-likeness (QED) is 0.267. The van der Waals surface area contributed by atoms with Gasteiger partial charge in [0.05, 0.1) is 6.20 Å². The maximum Gasteiger partial charge on any atom is 0.412 e. The van der Waals surface area contributed by atoms with Gasteiger partial charge in [0, 0.05) is 28.8 Å². The van der Waals surface area contributed by atoms with Gasteiger partial charge >= 0.3 is 6.09 Å². The number of aromatic nitrogens is 5. The number of carbonyl (C=O) groups is 1. The van der Waals surface area contributed by atoms with Crippen molar-refractivity contribution in [1.29, 1.82) is 0 Å². The van der Waals surface area contributed by atoms with Gasteiger partial charge in [0.15, 0.2) is 11.9 Å². The Morgan fingerprint density at radius 3 is 2.68 bits per heavy atom. The Hall–Kier alpha value is -4.32. The van der Waals surface area contributed by atoms with E-state index in [2.05, 4.69) is 25.5 Å². The summed E-state index contributed by atoms with van der Waals surface area (Å²) in [5.41, 5.74) is 3.68. The zero-order chi connectivity index (χ0) is 25.9. The van der Waals surface area contributed by atoms with Gasteiger partial charge in [0.2, 0.25) is 11.6 Å². The summed E-state index contributed by atoms with van der Waals surface area (Å²) in [6.07, 6.45) is 1.71. The number of carbonyl (C=O) groups excluding carboxylic acids is 1. The van der Waals surface area contributed by atoms with E-state index < -0.39 is 18.5 Å². The second-order valence-corrected chi connectivity index (χ2v) is 8.54. The Balaban J connectivity index is 1.39. The first-order valence-electron chi connectivity index (χ1n) is 11.2. The van der Waals surface area contributed by atoms with Crippen molar-refractivity contribution >= 4 is 29.0 Å². The Kier molecular flexibility index (Phi) is 6.82. The van der Waals surface area contributed by atoms with Crippen LogP contribution in [0.4, 0.5) is 10.5 Å². The lowest BCUT2D eigenvalue weighted by molar-refractivity contribution is -0.0381. The molecule has 0 aliphatic rings. The van der Waals surface area contributed by atoms with Crippen molar-refractivity contribution in [2.45, 2.75) is 25.7 Å². The molecule has 0 fully saturated rings. The fourth-order valence-corrected chi connectivity index (χ4v) is 4.16. The molecule has 1 unspecified atom stereocenters. The summed E-state index contributed by atoms with van der Waals surface area (Å²) in [6, 6.07) is 14.4. The van der Waals surface area contributed by atoms with Gasteiger partial charge in [-0.1, -0.05) is 59.2 Å². The van der Waals surface area contributed by atoms with Crippen LogP contribution in [-0.2, 0) is 11.2 Å². The molecule has 0 aliphatic heterocycles. The van der Waals surface area contributed by atoms with Crippen LogP contribution in [0.3, 0.4) is 0 Å². The third kappa shape index (κ3) is 5.14. The van der Waals surface area contributed by atoms with Crippen molar-refractivity contribution in [2.75, 3.05) is 5.32 Å². The van der Waals surface area contributed by atoms with Crippen molar-refractivity contribution in [3.63, 3.8) is 0 Å². The number of benzene rings is 2. The van der Waals surface area contributed by atoms with Crippen LogP contribution in [0.5, 0.6) is 0 Å². The summed E-state index contributed by atoms with van der Waals surface area (Å²) in [5.74, 6) is 0.430. The van der Waals surface area contributed by atoms with Crippen LogP contribution in [-0.4, -0.2) is 47.3 Å². The van der Waals surface area contributed by atoms with E-state index in [4.69, 9.17) is 20.9 Å². The summed E-state index contributed by atoms with van der Waals surface area (Å²) in [4.78, 5) is 21.5. The SMILES string of the molecule is CC(OC(=O)Nc1cnoc1-c1ncc(-c2ccc(CC(O)O)cc2)c2ncnn12)c1ccccc1Cl. The van der Waals surface area contributed by atoms with Crippen LogP contribution in [0, 0.1) is 0 Å². The molecule has 11 nitrogen and oxygen atoms in total. The van der Waals surface area contributed by atoms with E-state index in [1.165, 1.54) is 17.0 Å². The molecular formula is C25H21ClN6O5. The Morgan fingerprint density at radius 1 is 1.14 bits per heavy atom. The van der Waals surface area contributed by atoms with E-state index in [-0.39, 0.29) is 23.7 Å². The molecule has 0 saturated carbocycles. The first-order valence-corrected chi connectivity index (χ1v) is 11.6. The van der Waals surface area contributed by atoms with Crippen molar-refractivity contribution in [2.24, 2.45) is 0 Å². The monoisotopic (exact) mass is 520 g/mol. The summed E-state index contributed by atoms with van der Waals surface area (Å²) in [6.45, 7) is 1.72. The highest BCUT2D eigenvalue weighted by molar-refractivity contribution is 6.31. The summed E-state index contributed by atoms with van der Waals surface area (Å²) < 4.78 is 12.3. The maximum absolute atomic E-state index is 12.6. The first-order chi connectivity index (χ1) is 17.9. The van der Waals surface area contributed by atoms with E-state index in [1.54, 1.807) is 43.5 Å². The lowest BCUT2D eigenvalue weighted by Crippen LogP contribution is -2.16. The zero-order valence-electron chi connectivity index (χ0n) is 19.4. The number of halogens is 1. The molecule has 1 atom stereocenters. The maximum atomic E-state index is 12.6. The molecule has 0 bridgehead atoms. The molecule has 5 rings (SSSR count). The van der Waals surface area contributed by atoms with Gasteiger partial charge in [-0.05, 0) is 24.1 Å². The van der Waals surface area contributed by atoms with Gasteiger partial charge < -0.3 is 19.5 Å². The van der Waals surface area contributed by atoms with Crippen molar-refractivity contribution in [3.05, 3.63) is 83.4 Å². The minimum atomic E-state index is -1.42. The number of aliphatic hydroxyl groups excluding tert-OH is 1. The highest BCUT2D eigenvalue weighted by atomic mass is 35.5. The van der Waals surface area contributed by atoms with E-state index in [0.717, 1.165) is 11.1 Å². The topological polar surface area (TPSA) is 148 Å². The van der Waals surface area contributed by atoms with E-state index in [0.29, 0.717) is 21.8 Å². The highest BCUT2D eigenvalue weighted by Gasteiger charge is 2.22. The predicted molar refractivity (Wildman–Crippen MR) is 134 cm³/mol. The van der Waals surface area contributed by atoms with E-state index >= 15 is 0 Å². The molecule has 188 valence electrons. The number of nitrogens with zero attached hydrogens (tertiary/aromatic N) is 5. The third-order valence-electron chi connectivity index (χ3n) is 5.63. The van der Waals surface area contributed by atoms with E-state index in [1.807, 2.05) is 18.2 Å². The standard InChI is InChI=1S/C25H21ClN6O5/c1-14(17-4-2-3-5-19(17)26)36-25(35)31-20-12-30-37-22(20)24-27-11-18(23-28-13-29-32(23)24)16-8-6-15(7-9-16)10-21(33)34/h2-9,11-14,21,33-34H,10H2,1H3,(H,31,35). The van der Waals surface area contributed by atoms with Crippen LogP contribution in [0.25, 0.3) is 28.4 Å². The molecule has 0 radical (unpaired) electrons. The number of nitrogens with one attached hydrogen (secondary N) is 1. The van der Waals surface area contributed by atoms with Crippen molar-refractivity contribution in [3.8, 4) is 22.7 Å². The molecule has 0 saturated heterocycles. The average molecular weight is 521 g/mol. The number of fused-ring (bicyclic) bond motifs is 1. The molecule has 3 heterocycles. The van der Waals surface area contributed by atoms with Crippen LogP contribution in [0.15, 0.2) is 71.8 Å². The highest BCUT2D eigenvalue weighted by Crippen LogP contribution is 2.31. The lowest BCUT2D eigenvalue weighted by Gasteiger charge is -2.15. The molecule has 5 aromatic rings. The zero-order valence-corrected chi connectivity index (χ0v) is 20.2. The van der Waals surface area contributed by atoms with Crippen molar-refractivity contribution < 1.29 is 24.3 Å². The Morgan fingerprint density at radius 2 is 1.92 bits per heavy atom. The second kappa shape index (κ2) is 10.3. The van der Waals surface area contributed by atoms with Gasteiger partial charge in [0.25, 0.3) is 0 Å². The van der Waals surface area contributed by atoms with Gasteiger partial charge in [-0.3, -0.25) is 5.32 Å². The van der Waals surface area contributed by atoms with Crippen LogP contribution >= 0.6 is 11.6 Å². The summed E-state index contributed by atoms with van der Waals surface area (Å²) in [7, 11) is 0. The van der Waals surface area contributed by atoms with Crippen LogP contribution < -0.4 is 5.32 Å². The minimum absolute atomic E-state index is 0.124. The van der Waals surface area contributed by atoms with Crippen LogP contribution in [0.1, 0.15) is 24.2 Å². The first kappa shape index (κ1) is 24.4. The number of amides is 1. The van der Waals surface area contributed by atoms with Gasteiger partial charge in [-0.15, -0.1) is 0 Å². The molecule has 1 amide bonds. The largest absolute Gasteiger partial charge is 0.441 e. The number of anilines is 1. The number of hydrogen-bond acceptors (Lipinski definition) is 9. The molecule has 37 heavy (non-hydrogen) atoms. The second-order valence-electron chi connectivity index (χ2n) is 8.14. The molecule has 0 aliphatic carbocycles. The molecule has 0 spiro atoms. The molecular weight excluding hydrogens is 500 g/mol. The fraction of sp³-hybridized carbons (Fsp3) is 0.160. The van der Waals surface area contributed by atoms with Crippen LogP contribution in [0.2, 0.25) is 5.02 Å². The summed E-state index contributed by atoms with van der Waals surface area (Å²) in [5, 5.41) is 29.6. The van der Waals surface area contributed by atoms with E-state index in [9.17, 15) is 15.0 Å². The third-order valence-corrected chi connectivity index (χ3v) is 5.97. The normalized spacial score (nSPS) is 12.1. The average Bonchev–Trinajstić information content (AvgIpc) is 3.54. The Labute approximate surface area is 215 Å². The fourth-order valence-electron chi connectivity index (χ4n) is 3.87. The molecule has 2 aromatic carbocycles. The summed E-state index contributed by atoms with van der Waals surface area (Å²) >= 11 is 6.20. The number of rotatable bonds is 7. The molecule has 3 aromatic heterocycles. The predicted octanol–water partition coefficient (Wildman–Crippen LogP) is 4.26. The minimum Gasteiger partial charge on any atom is -0.441 e.